The van der Waals surface area contributed by atoms with Gasteiger partial charge in [0.1, 0.15) is 30.5 Å². The summed E-state index contributed by atoms with van der Waals surface area (Å²) in [4.78, 5) is 13.1. The number of carbonyl (C=O) groups excluding carboxylic acids is 1. The van der Waals surface area contributed by atoms with Crippen LogP contribution >= 0.6 is 0 Å². The van der Waals surface area contributed by atoms with Gasteiger partial charge in [-0.15, -0.1) is 0 Å². The van der Waals surface area contributed by atoms with Crippen LogP contribution in [-0.2, 0) is 14.3 Å². The van der Waals surface area contributed by atoms with Crippen molar-refractivity contribution in [3.8, 4) is 0 Å². The first-order chi connectivity index (χ1) is 28.2. The molecule has 0 aromatic rings. The van der Waals surface area contributed by atoms with E-state index in [0.29, 0.717) is 6.42 Å². The fraction of sp³-hybridized carbons (Fsp3) is 0.938. The van der Waals surface area contributed by atoms with Gasteiger partial charge in [0.15, 0.2) is 6.29 Å². The lowest BCUT2D eigenvalue weighted by atomic mass is 9.99. The molecular formula is C48H93NO9. The molecule has 1 rings (SSSR count). The average molecular weight is 828 g/mol. The summed E-state index contributed by atoms with van der Waals surface area (Å²) in [6.45, 7) is 5.96. The Morgan fingerprint density at radius 2 is 1.09 bits per heavy atom. The molecule has 0 saturated carbocycles. The van der Waals surface area contributed by atoms with Crippen LogP contribution in [-0.4, -0.2) is 98.7 Å². The highest BCUT2D eigenvalue weighted by molar-refractivity contribution is 5.80. The first-order valence-corrected chi connectivity index (χ1v) is 24.4. The molecule has 10 heteroatoms. The molecule has 1 fully saturated rings. The molecule has 0 aromatic carbocycles. The Morgan fingerprint density at radius 1 is 0.638 bits per heavy atom. The van der Waals surface area contributed by atoms with E-state index in [-0.39, 0.29) is 6.61 Å². The second-order valence-corrected chi connectivity index (χ2v) is 17.7. The quantitative estimate of drug-likeness (QED) is 0.0235. The fourth-order valence-electron chi connectivity index (χ4n) is 7.84. The molecule has 1 aliphatic heterocycles. The van der Waals surface area contributed by atoms with Crippen molar-refractivity contribution in [3.63, 3.8) is 0 Å². The van der Waals surface area contributed by atoms with E-state index >= 15 is 0 Å². The number of hydrogen-bond donors (Lipinski definition) is 7. The molecule has 0 aliphatic carbocycles. The molecule has 1 aliphatic rings. The van der Waals surface area contributed by atoms with Crippen LogP contribution in [0.25, 0.3) is 0 Å². The van der Waals surface area contributed by atoms with Gasteiger partial charge in [-0.25, -0.2) is 0 Å². The highest BCUT2D eigenvalue weighted by Crippen LogP contribution is 2.23. The number of ether oxygens (including phenoxy) is 2. The standard InChI is InChI=1S/C48H93NO9/c1-4-6-7-8-9-10-11-12-13-14-15-16-17-18-19-24-27-30-33-36-42(52)47(56)49-40(38-57-48-46(55)45(54)44(53)43(37-50)58-48)41(51)35-32-29-26-23-21-20-22-25-28-31-34-39(3)5-2/h32,35,39-46,48,50-55H,4-31,33-34,36-38H2,1-3H3,(H,49,56). The summed E-state index contributed by atoms with van der Waals surface area (Å²) in [7, 11) is 0. The van der Waals surface area contributed by atoms with E-state index in [9.17, 15) is 35.4 Å². The first-order valence-electron chi connectivity index (χ1n) is 24.4. The monoisotopic (exact) mass is 828 g/mol. The summed E-state index contributed by atoms with van der Waals surface area (Å²) >= 11 is 0. The van der Waals surface area contributed by atoms with Gasteiger partial charge in [0.05, 0.1) is 25.4 Å². The Balaban J connectivity index is 2.37. The topological polar surface area (TPSA) is 169 Å². The van der Waals surface area contributed by atoms with E-state index in [2.05, 4.69) is 26.1 Å². The molecule has 0 spiro atoms. The lowest BCUT2D eigenvalue weighted by molar-refractivity contribution is -0.302. The minimum absolute atomic E-state index is 0.302. The van der Waals surface area contributed by atoms with Crippen molar-refractivity contribution in [2.75, 3.05) is 13.2 Å². The van der Waals surface area contributed by atoms with E-state index in [1.165, 1.54) is 148 Å². The molecule has 7 N–H and O–H groups in total. The van der Waals surface area contributed by atoms with E-state index in [1.807, 2.05) is 6.08 Å². The zero-order chi connectivity index (χ0) is 42.6. The van der Waals surface area contributed by atoms with Gasteiger partial charge in [0.25, 0.3) is 0 Å². The smallest absolute Gasteiger partial charge is 0.249 e. The number of rotatable bonds is 40. The maximum Gasteiger partial charge on any atom is 0.249 e. The number of carbonyl (C=O) groups is 1. The highest BCUT2D eigenvalue weighted by Gasteiger charge is 2.44. The Morgan fingerprint density at radius 3 is 1.55 bits per heavy atom. The largest absolute Gasteiger partial charge is 0.394 e. The van der Waals surface area contributed by atoms with E-state index < -0.39 is 61.5 Å². The molecule has 344 valence electrons. The minimum atomic E-state index is -1.61. The predicted molar refractivity (Wildman–Crippen MR) is 236 cm³/mol. The molecular weight excluding hydrogens is 735 g/mol. The third-order valence-corrected chi connectivity index (χ3v) is 12.3. The molecule has 0 aromatic heterocycles. The molecule has 0 radical (unpaired) electrons. The maximum atomic E-state index is 13.1. The number of allylic oxidation sites excluding steroid dienone is 1. The zero-order valence-corrected chi connectivity index (χ0v) is 37.6. The van der Waals surface area contributed by atoms with Crippen LogP contribution in [0.5, 0.6) is 0 Å². The van der Waals surface area contributed by atoms with Gasteiger partial charge >= 0.3 is 0 Å². The van der Waals surface area contributed by atoms with Crippen LogP contribution in [0, 0.1) is 5.92 Å². The van der Waals surface area contributed by atoms with Crippen molar-refractivity contribution in [1.29, 1.82) is 0 Å². The number of nitrogens with one attached hydrogen (secondary N) is 1. The number of unbranched alkanes of at least 4 members (excludes halogenated alkanes) is 26. The van der Waals surface area contributed by atoms with Crippen LogP contribution < -0.4 is 5.32 Å². The molecule has 58 heavy (non-hydrogen) atoms. The summed E-state index contributed by atoms with van der Waals surface area (Å²) in [6.07, 6.45) is 31.5. The summed E-state index contributed by atoms with van der Waals surface area (Å²) in [5.41, 5.74) is 0. The lowest BCUT2D eigenvalue weighted by Crippen LogP contribution is -2.60. The molecule has 10 nitrogen and oxygen atoms in total. The molecule has 9 atom stereocenters. The molecule has 9 unspecified atom stereocenters. The zero-order valence-electron chi connectivity index (χ0n) is 37.6. The molecule has 1 heterocycles. The average Bonchev–Trinajstić information content (AvgIpc) is 3.22. The second-order valence-electron chi connectivity index (χ2n) is 17.7. The Hall–Kier alpha value is -1.11. The van der Waals surface area contributed by atoms with E-state index in [0.717, 1.165) is 50.9 Å². The van der Waals surface area contributed by atoms with Crippen molar-refractivity contribution in [1.82, 2.24) is 5.32 Å². The minimum Gasteiger partial charge on any atom is -0.394 e. The third-order valence-electron chi connectivity index (χ3n) is 12.3. The van der Waals surface area contributed by atoms with E-state index in [1.54, 1.807) is 6.08 Å². The lowest BCUT2D eigenvalue weighted by Gasteiger charge is -2.40. The van der Waals surface area contributed by atoms with Gasteiger partial charge in [-0.2, -0.15) is 0 Å². The molecule has 1 saturated heterocycles. The third kappa shape index (κ3) is 27.7. The van der Waals surface area contributed by atoms with Gasteiger partial charge in [-0.3, -0.25) is 4.79 Å². The van der Waals surface area contributed by atoms with Crippen molar-refractivity contribution in [3.05, 3.63) is 12.2 Å². The van der Waals surface area contributed by atoms with E-state index in [4.69, 9.17) is 9.47 Å². The van der Waals surface area contributed by atoms with Gasteiger partial charge in [0, 0.05) is 0 Å². The summed E-state index contributed by atoms with van der Waals surface area (Å²) in [5.74, 6) is 0.218. The van der Waals surface area contributed by atoms with Crippen LogP contribution in [0.4, 0.5) is 0 Å². The summed E-state index contributed by atoms with van der Waals surface area (Å²) < 4.78 is 11.1. The normalized spacial score (nSPS) is 22.0. The maximum absolute atomic E-state index is 13.1. The number of hydrogen-bond acceptors (Lipinski definition) is 9. The van der Waals surface area contributed by atoms with Crippen LogP contribution in [0.1, 0.15) is 220 Å². The second kappa shape index (κ2) is 37.6. The highest BCUT2D eigenvalue weighted by atomic mass is 16.7. The number of aliphatic hydroxyl groups excluding tert-OH is 6. The number of amides is 1. The van der Waals surface area contributed by atoms with Gasteiger partial charge < -0.3 is 45.4 Å². The Labute approximate surface area is 355 Å². The summed E-state index contributed by atoms with van der Waals surface area (Å²) in [6, 6.07) is -0.976. The van der Waals surface area contributed by atoms with Crippen LogP contribution in [0.2, 0.25) is 0 Å². The van der Waals surface area contributed by atoms with Gasteiger partial charge in [0.2, 0.25) is 5.91 Å². The predicted octanol–water partition coefficient (Wildman–Crippen LogP) is 9.33. The first kappa shape index (κ1) is 54.9. The number of aliphatic hydroxyl groups is 6. The SMILES string of the molecule is CCCCCCCCCCCCCCCCCCCCCC(O)C(=O)NC(COC1OC(CO)C(O)C(O)C1O)C(O)C=CCCCCCCCCCCC(C)CC. The van der Waals surface area contributed by atoms with Crippen molar-refractivity contribution >= 4 is 5.91 Å². The molecule has 1 amide bonds. The Bertz CT molecular complexity index is 952. The van der Waals surface area contributed by atoms with Crippen molar-refractivity contribution in [2.45, 2.75) is 269 Å². The van der Waals surface area contributed by atoms with Crippen LogP contribution in [0.3, 0.4) is 0 Å². The molecule has 0 bridgehead atoms. The fourth-order valence-corrected chi connectivity index (χ4v) is 7.84. The van der Waals surface area contributed by atoms with Crippen molar-refractivity contribution < 1.29 is 44.9 Å². The van der Waals surface area contributed by atoms with Gasteiger partial charge in [-0.05, 0) is 25.2 Å². The summed E-state index contributed by atoms with van der Waals surface area (Å²) in [5, 5.41) is 64.7. The van der Waals surface area contributed by atoms with Crippen molar-refractivity contribution in [2.24, 2.45) is 5.92 Å². The Kier molecular flexibility index (Phi) is 35.6. The van der Waals surface area contributed by atoms with Gasteiger partial charge in [-0.1, -0.05) is 213 Å². The van der Waals surface area contributed by atoms with Crippen LogP contribution in [0.15, 0.2) is 12.2 Å².